The molecule has 0 aliphatic rings. The second-order valence-electron chi connectivity index (χ2n) is 4.73. The monoisotopic (exact) mass is 314 g/mol. The molecule has 0 aliphatic heterocycles. The number of nitrogen functional groups attached to an aromatic ring is 1. The van der Waals surface area contributed by atoms with Crippen LogP contribution >= 0.6 is 0 Å². The highest BCUT2D eigenvalue weighted by atomic mass is 19.1. The van der Waals surface area contributed by atoms with Gasteiger partial charge in [-0.25, -0.2) is 14.4 Å². The molecule has 2 heterocycles. The number of benzene rings is 1. The van der Waals surface area contributed by atoms with E-state index >= 15 is 0 Å². The molecule has 0 saturated heterocycles. The number of pyridine rings is 1. The van der Waals surface area contributed by atoms with Crippen molar-refractivity contribution in [1.82, 2.24) is 15.0 Å². The Labute approximate surface area is 132 Å². The normalized spacial score (nSPS) is 10.7. The van der Waals surface area contributed by atoms with Gasteiger partial charge < -0.3 is 15.2 Å². The highest BCUT2D eigenvalue weighted by Crippen LogP contribution is 2.28. The van der Waals surface area contributed by atoms with E-state index in [1.165, 1.54) is 13.2 Å². The molecule has 0 fully saturated rings. The van der Waals surface area contributed by atoms with Gasteiger partial charge in [-0.1, -0.05) is 0 Å². The van der Waals surface area contributed by atoms with Gasteiger partial charge in [0.1, 0.15) is 0 Å². The maximum absolute atomic E-state index is 13.9. The fourth-order valence-electron chi connectivity index (χ4n) is 2.23. The summed E-state index contributed by atoms with van der Waals surface area (Å²) in [5.74, 6) is 0.156. The lowest BCUT2D eigenvalue weighted by molar-refractivity contribution is 0.330. The van der Waals surface area contributed by atoms with Crippen LogP contribution in [0.3, 0.4) is 0 Å². The van der Waals surface area contributed by atoms with Crippen LogP contribution in [-0.2, 0) is 0 Å². The van der Waals surface area contributed by atoms with Crippen molar-refractivity contribution >= 4 is 17.0 Å². The first-order valence-electron chi connectivity index (χ1n) is 7.03. The molecule has 0 bridgehead atoms. The van der Waals surface area contributed by atoms with Gasteiger partial charge in [0.05, 0.1) is 24.9 Å². The highest BCUT2D eigenvalue weighted by Gasteiger charge is 2.12. The summed E-state index contributed by atoms with van der Waals surface area (Å²) in [5.41, 5.74) is 7.90. The molecule has 118 valence electrons. The molecule has 6 nitrogen and oxygen atoms in total. The zero-order chi connectivity index (χ0) is 16.4. The van der Waals surface area contributed by atoms with E-state index in [4.69, 9.17) is 15.2 Å². The quantitative estimate of drug-likeness (QED) is 0.797. The van der Waals surface area contributed by atoms with Crippen molar-refractivity contribution in [3.8, 4) is 22.9 Å². The molecular weight excluding hydrogens is 299 g/mol. The molecular formula is C16H15FN4O2. The number of fused-ring (bicyclic) bond motifs is 1. The Hall–Kier alpha value is -2.96. The van der Waals surface area contributed by atoms with Crippen LogP contribution in [0.5, 0.6) is 11.6 Å². The van der Waals surface area contributed by atoms with Gasteiger partial charge in [-0.2, -0.15) is 4.98 Å². The molecule has 0 amide bonds. The number of anilines is 1. The molecule has 0 spiro atoms. The first-order chi connectivity index (χ1) is 11.1. The number of aromatic nitrogens is 3. The van der Waals surface area contributed by atoms with Gasteiger partial charge >= 0.3 is 0 Å². The maximum Gasteiger partial charge on any atom is 0.245 e. The summed E-state index contributed by atoms with van der Waals surface area (Å²) in [6.45, 7) is 2.27. The molecule has 0 aliphatic carbocycles. The number of halogens is 1. The van der Waals surface area contributed by atoms with Crippen LogP contribution in [0.15, 0.2) is 30.3 Å². The Morgan fingerprint density at radius 3 is 2.65 bits per heavy atom. The van der Waals surface area contributed by atoms with E-state index in [2.05, 4.69) is 15.0 Å². The average molecular weight is 314 g/mol. The number of nitrogens with two attached hydrogens (primary N) is 1. The molecule has 2 aromatic heterocycles. The van der Waals surface area contributed by atoms with Crippen LogP contribution < -0.4 is 15.2 Å². The lowest BCUT2D eigenvalue weighted by Crippen LogP contribution is -2.03. The smallest absolute Gasteiger partial charge is 0.245 e. The minimum absolute atomic E-state index is 0.117. The van der Waals surface area contributed by atoms with Gasteiger partial charge in [0.15, 0.2) is 17.1 Å². The topological polar surface area (TPSA) is 83.2 Å². The molecule has 2 N–H and O–H groups in total. The third-order valence-electron chi connectivity index (χ3n) is 3.26. The predicted molar refractivity (Wildman–Crippen MR) is 84.9 cm³/mol. The van der Waals surface area contributed by atoms with Crippen molar-refractivity contribution in [2.45, 2.75) is 6.92 Å². The number of hydrogen-bond acceptors (Lipinski definition) is 6. The number of ether oxygens (including phenoxy) is 2. The van der Waals surface area contributed by atoms with Gasteiger partial charge in [-0.15, -0.1) is 0 Å². The highest BCUT2D eigenvalue weighted by molar-refractivity contribution is 5.83. The second kappa shape index (κ2) is 6.04. The number of hydrogen-bond donors (Lipinski definition) is 1. The van der Waals surface area contributed by atoms with Crippen LogP contribution in [0.4, 0.5) is 10.3 Å². The molecule has 23 heavy (non-hydrogen) atoms. The minimum atomic E-state index is -0.453. The third kappa shape index (κ3) is 2.85. The summed E-state index contributed by atoms with van der Waals surface area (Å²) in [6.07, 6.45) is 0. The molecule has 3 rings (SSSR count). The number of methoxy groups -OCH3 is 1. The Kier molecular flexibility index (Phi) is 3.92. The van der Waals surface area contributed by atoms with Crippen LogP contribution in [0, 0.1) is 5.82 Å². The van der Waals surface area contributed by atoms with E-state index < -0.39 is 5.82 Å². The Morgan fingerprint density at radius 2 is 1.96 bits per heavy atom. The van der Waals surface area contributed by atoms with E-state index in [1.807, 2.05) is 6.92 Å². The van der Waals surface area contributed by atoms with E-state index in [1.54, 1.807) is 24.3 Å². The van der Waals surface area contributed by atoms with Crippen molar-refractivity contribution in [3.05, 3.63) is 36.1 Å². The van der Waals surface area contributed by atoms with Gasteiger partial charge in [-0.3, -0.25) is 0 Å². The predicted octanol–water partition coefficient (Wildman–Crippen LogP) is 2.82. The SMILES string of the molecule is CCOc1nc(N)nc2ccc(-c3ccc(OC)c(F)c3)nc12. The van der Waals surface area contributed by atoms with Crippen molar-refractivity contribution in [2.75, 3.05) is 19.5 Å². The first kappa shape index (κ1) is 15.0. The fourth-order valence-corrected chi connectivity index (χ4v) is 2.23. The number of nitrogens with zero attached hydrogens (tertiary/aromatic N) is 3. The van der Waals surface area contributed by atoms with Gasteiger partial charge in [0.25, 0.3) is 0 Å². The summed E-state index contributed by atoms with van der Waals surface area (Å²) in [7, 11) is 1.42. The van der Waals surface area contributed by atoms with Crippen LogP contribution in [0.25, 0.3) is 22.3 Å². The maximum atomic E-state index is 13.9. The Balaban J connectivity index is 2.14. The molecule has 3 aromatic rings. The summed E-state index contributed by atoms with van der Waals surface area (Å²) in [5, 5.41) is 0. The Morgan fingerprint density at radius 1 is 1.13 bits per heavy atom. The van der Waals surface area contributed by atoms with Crippen LogP contribution in [0.1, 0.15) is 6.92 Å². The second-order valence-corrected chi connectivity index (χ2v) is 4.73. The molecule has 0 radical (unpaired) electrons. The zero-order valence-corrected chi connectivity index (χ0v) is 12.7. The summed E-state index contributed by atoms with van der Waals surface area (Å²) < 4.78 is 24.3. The van der Waals surface area contributed by atoms with E-state index in [9.17, 15) is 4.39 Å². The van der Waals surface area contributed by atoms with E-state index in [0.717, 1.165) is 0 Å². The van der Waals surface area contributed by atoms with Crippen molar-refractivity contribution in [3.63, 3.8) is 0 Å². The van der Waals surface area contributed by atoms with Gasteiger partial charge in [0.2, 0.25) is 11.8 Å². The summed E-state index contributed by atoms with van der Waals surface area (Å²) in [4.78, 5) is 12.7. The van der Waals surface area contributed by atoms with E-state index in [-0.39, 0.29) is 11.7 Å². The van der Waals surface area contributed by atoms with Crippen LogP contribution in [0.2, 0.25) is 0 Å². The van der Waals surface area contributed by atoms with Crippen LogP contribution in [-0.4, -0.2) is 28.7 Å². The Bertz CT molecular complexity index is 870. The lowest BCUT2D eigenvalue weighted by atomic mass is 10.1. The standard InChI is InChI=1S/C16H15FN4O2/c1-3-23-15-14-12(20-16(18)21-15)6-5-11(19-14)9-4-7-13(22-2)10(17)8-9/h4-8H,3H2,1-2H3,(H2,18,20,21). The average Bonchev–Trinajstić information content (AvgIpc) is 2.54. The van der Waals surface area contributed by atoms with Gasteiger partial charge in [0, 0.05) is 5.56 Å². The summed E-state index contributed by atoms with van der Waals surface area (Å²) in [6, 6.07) is 8.14. The zero-order valence-electron chi connectivity index (χ0n) is 12.7. The largest absolute Gasteiger partial charge is 0.494 e. The van der Waals surface area contributed by atoms with Crippen molar-refractivity contribution in [2.24, 2.45) is 0 Å². The fraction of sp³-hybridized carbons (Fsp3) is 0.188. The molecule has 7 heteroatoms. The minimum Gasteiger partial charge on any atom is -0.494 e. The number of rotatable bonds is 4. The third-order valence-corrected chi connectivity index (χ3v) is 3.26. The van der Waals surface area contributed by atoms with Crippen molar-refractivity contribution in [1.29, 1.82) is 0 Å². The molecule has 0 saturated carbocycles. The lowest BCUT2D eigenvalue weighted by Gasteiger charge is -2.09. The first-order valence-corrected chi connectivity index (χ1v) is 7.03. The molecule has 0 atom stereocenters. The summed E-state index contributed by atoms with van der Waals surface area (Å²) >= 11 is 0. The molecule has 0 unspecified atom stereocenters. The molecule has 1 aromatic carbocycles. The van der Waals surface area contributed by atoms with Gasteiger partial charge in [-0.05, 0) is 37.3 Å². The van der Waals surface area contributed by atoms with E-state index in [0.29, 0.717) is 34.8 Å². The van der Waals surface area contributed by atoms with Crippen molar-refractivity contribution < 1.29 is 13.9 Å².